The van der Waals surface area contributed by atoms with Gasteiger partial charge in [0, 0.05) is 11.5 Å². The number of halogens is 4. The molecule has 2 rings (SSSR count). The normalized spacial score (nSPS) is 11.7. The van der Waals surface area contributed by atoms with Gasteiger partial charge in [-0.15, -0.1) is 0 Å². The van der Waals surface area contributed by atoms with Crippen molar-refractivity contribution in [3.05, 3.63) is 29.3 Å². The van der Waals surface area contributed by atoms with Crippen molar-refractivity contribution in [2.24, 2.45) is 0 Å². The lowest BCUT2D eigenvalue weighted by atomic mass is 10.2. The molecule has 0 radical (unpaired) electrons. The number of benzene rings is 1. The number of alkyl halides is 3. The zero-order chi connectivity index (χ0) is 14.8. The van der Waals surface area contributed by atoms with E-state index in [1.165, 1.54) is 6.07 Å². The number of pyridine rings is 1. The largest absolute Gasteiger partial charge is 0.493 e. The third kappa shape index (κ3) is 3.45. The van der Waals surface area contributed by atoms with Crippen molar-refractivity contribution in [2.75, 3.05) is 18.5 Å². The highest BCUT2D eigenvalue weighted by molar-refractivity contribution is 6.35. The lowest BCUT2D eigenvalue weighted by Gasteiger charge is -2.13. The number of para-hydroxylation sites is 1. The van der Waals surface area contributed by atoms with Gasteiger partial charge in [-0.2, -0.15) is 13.2 Å². The lowest BCUT2D eigenvalue weighted by molar-refractivity contribution is -0.115. The maximum Gasteiger partial charge on any atom is 0.405 e. The lowest BCUT2D eigenvalue weighted by Crippen LogP contribution is -2.21. The van der Waals surface area contributed by atoms with Crippen molar-refractivity contribution >= 4 is 28.3 Å². The summed E-state index contributed by atoms with van der Waals surface area (Å²) in [5.74, 6) is 0.524. The van der Waals surface area contributed by atoms with Crippen LogP contribution >= 0.6 is 11.6 Å². The number of rotatable bonds is 4. The Bertz CT molecular complexity index is 616. The summed E-state index contributed by atoms with van der Waals surface area (Å²) in [6.07, 6.45) is -4.32. The predicted molar refractivity (Wildman–Crippen MR) is 72.5 cm³/mol. The van der Waals surface area contributed by atoms with Gasteiger partial charge in [-0.1, -0.05) is 17.7 Å². The Balaban J connectivity index is 2.43. The summed E-state index contributed by atoms with van der Waals surface area (Å²) in [4.78, 5) is 4.10. The average molecular weight is 305 g/mol. The van der Waals surface area contributed by atoms with Crippen molar-refractivity contribution in [2.45, 2.75) is 13.1 Å². The van der Waals surface area contributed by atoms with Gasteiger partial charge in [0.1, 0.15) is 18.1 Å². The van der Waals surface area contributed by atoms with Crippen LogP contribution in [-0.2, 0) is 0 Å². The minimum Gasteiger partial charge on any atom is -0.493 e. The van der Waals surface area contributed by atoms with E-state index < -0.39 is 12.7 Å². The molecule has 0 fully saturated rings. The Kier molecular flexibility index (Phi) is 4.23. The molecule has 1 aromatic carbocycles. The molecule has 1 aromatic heterocycles. The molecule has 7 heteroatoms. The van der Waals surface area contributed by atoms with Crippen molar-refractivity contribution in [3.8, 4) is 5.75 Å². The van der Waals surface area contributed by atoms with Gasteiger partial charge in [-0.25, -0.2) is 4.98 Å². The molecular formula is C13H12ClF3N2O. The molecule has 1 heterocycles. The van der Waals surface area contributed by atoms with Crippen LogP contribution in [0.1, 0.15) is 6.92 Å². The topological polar surface area (TPSA) is 34.1 Å². The van der Waals surface area contributed by atoms with Crippen LogP contribution in [-0.4, -0.2) is 24.3 Å². The molecule has 0 aliphatic heterocycles. The molecule has 108 valence electrons. The number of ether oxygens (including phenoxy) is 1. The minimum atomic E-state index is -4.32. The standard InChI is InChI=1S/C13H12ClF3N2O/c1-2-20-10-6-11(18-7-13(15,16)17)19-12-8(10)4-3-5-9(12)14/h3-6H,2,7H2,1H3,(H,18,19). The molecule has 0 aliphatic carbocycles. The highest BCUT2D eigenvalue weighted by Gasteiger charge is 2.27. The first-order chi connectivity index (χ1) is 9.40. The Morgan fingerprint density at radius 3 is 2.75 bits per heavy atom. The van der Waals surface area contributed by atoms with Gasteiger partial charge in [0.2, 0.25) is 0 Å². The second kappa shape index (κ2) is 5.75. The third-order valence-corrected chi connectivity index (χ3v) is 2.83. The second-order valence-corrected chi connectivity index (χ2v) is 4.45. The predicted octanol–water partition coefficient (Wildman–Crippen LogP) is 4.26. The fraction of sp³-hybridized carbons (Fsp3) is 0.308. The zero-order valence-electron chi connectivity index (χ0n) is 10.6. The maximum atomic E-state index is 12.2. The summed E-state index contributed by atoms with van der Waals surface area (Å²) in [6, 6.07) is 6.55. The monoisotopic (exact) mass is 304 g/mol. The molecule has 2 aromatic rings. The summed E-state index contributed by atoms with van der Waals surface area (Å²) in [7, 11) is 0. The third-order valence-electron chi connectivity index (χ3n) is 2.52. The van der Waals surface area contributed by atoms with Gasteiger partial charge in [-0.05, 0) is 19.1 Å². The van der Waals surface area contributed by atoms with Crippen molar-refractivity contribution < 1.29 is 17.9 Å². The first-order valence-corrected chi connectivity index (χ1v) is 6.31. The summed E-state index contributed by atoms with van der Waals surface area (Å²) < 4.78 is 42.1. The van der Waals surface area contributed by atoms with Gasteiger partial charge in [0.25, 0.3) is 0 Å². The summed E-state index contributed by atoms with van der Waals surface area (Å²) >= 11 is 6.02. The van der Waals surface area contributed by atoms with Crippen LogP contribution in [0.5, 0.6) is 5.75 Å². The molecule has 0 saturated carbocycles. The van der Waals surface area contributed by atoms with Gasteiger partial charge in [-0.3, -0.25) is 0 Å². The molecule has 20 heavy (non-hydrogen) atoms. The van der Waals surface area contributed by atoms with Gasteiger partial charge < -0.3 is 10.1 Å². The Labute approximate surface area is 118 Å². The maximum absolute atomic E-state index is 12.2. The van der Waals surface area contributed by atoms with E-state index in [0.717, 1.165) is 0 Å². The number of anilines is 1. The van der Waals surface area contributed by atoms with E-state index in [4.69, 9.17) is 16.3 Å². The van der Waals surface area contributed by atoms with Crippen LogP contribution in [0.2, 0.25) is 5.02 Å². The van der Waals surface area contributed by atoms with E-state index in [2.05, 4.69) is 10.3 Å². The van der Waals surface area contributed by atoms with Crippen LogP contribution in [0.15, 0.2) is 24.3 Å². The number of fused-ring (bicyclic) bond motifs is 1. The van der Waals surface area contributed by atoms with Crippen LogP contribution in [0.3, 0.4) is 0 Å². The number of nitrogens with zero attached hydrogens (tertiary/aromatic N) is 1. The Hall–Kier alpha value is -1.69. The molecule has 0 aliphatic rings. The van der Waals surface area contributed by atoms with E-state index >= 15 is 0 Å². The molecular weight excluding hydrogens is 293 g/mol. The number of nitrogens with one attached hydrogen (secondary N) is 1. The Morgan fingerprint density at radius 2 is 2.10 bits per heavy atom. The summed E-state index contributed by atoms with van der Waals surface area (Å²) in [5.41, 5.74) is 0.407. The van der Waals surface area contributed by atoms with Crippen molar-refractivity contribution in [3.63, 3.8) is 0 Å². The van der Waals surface area contributed by atoms with E-state index in [1.807, 2.05) is 0 Å². The van der Waals surface area contributed by atoms with Crippen molar-refractivity contribution in [1.82, 2.24) is 4.98 Å². The van der Waals surface area contributed by atoms with Crippen LogP contribution in [0.25, 0.3) is 10.9 Å². The second-order valence-electron chi connectivity index (χ2n) is 4.04. The minimum absolute atomic E-state index is 0.0753. The smallest absolute Gasteiger partial charge is 0.405 e. The first kappa shape index (κ1) is 14.7. The van der Waals surface area contributed by atoms with Crippen LogP contribution in [0.4, 0.5) is 19.0 Å². The first-order valence-electron chi connectivity index (χ1n) is 5.93. The summed E-state index contributed by atoms with van der Waals surface area (Å²) in [5, 5.41) is 3.25. The highest BCUT2D eigenvalue weighted by atomic mass is 35.5. The fourth-order valence-electron chi connectivity index (χ4n) is 1.74. The molecule has 0 spiro atoms. The van der Waals surface area contributed by atoms with Gasteiger partial charge in [0.05, 0.1) is 17.1 Å². The average Bonchev–Trinajstić information content (AvgIpc) is 2.37. The van der Waals surface area contributed by atoms with Crippen LogP contribution in [0, 0.1) is 0 Å². The van der Waals surface area contributed by atoms with Gasteiger partial charge >= 0.3 is 6.18 Å². The molecule has 1 N–H and O–H groups in total. The zero-order valence-corrected chi connectivity index (χ0v) is 11.3. The van der Waals surface area contributed by atoms with Crippen molar-refractivity contribution in [1.29, 1.82) is 0 Å². The Morgan fingerprint density at radius 1 is 1.35 bits per heavy atom. The van der Waals surface area contributed by atoms with E-state index in [9.17, 15) is 13.2 Å². The molecule has 0 amide bonds. The fourth-order valence-corrected chi connectivity index (χ4v) is 1.96. The molecule has 0 saturated heterocycles. The number of hydrogen-bond donors (Lipinski definition) is 1. The molecule has 0 bridgehead atoms. The molecule has 3 nitrogen and oxygen atoms in total. The van der Waals surface area contributed by atoms with E-state index in [1.54, 1.807) is 25.1 Å². The molecule has 0 atom stereocenters. The van der Waals surface area contributed by atoms with Crippen LogP contribution < -0.4 is 10.1 Å². The van der Waals surface area contributed by atoms with E-state index in [0.29, 0.717) is 28.3 Å². The SMILES string of the molecule is CCOc1cc(NCC(F)(F)F)nc2c(Cl)cccc12. The number of hydrogen-bond acceptors (Lipinski definition) is 3. The summed E-state index contributed by atoms with van der Waals surface area (Å²) in [6.45, 7) is 1.02. The highest BCUT2D eigenvalue weighted by Crippen LogP contribution is 2.32. The quantitative estimate of drug-likeness (QED) is 0.916. The van der Waals surface area contributed by atoms with Gasteiger partial charge in [0.15, 0.2) is 0 Å². The number of aromatic nitrogens is 1. The van der Waals surface area contributed by atoms with E-state index in [-0.39, 0.29) is 5.82 Å². The molecule has 0 unspecified atom stereocenters.